The van der Waals surface area contributed by atoms with Crippen molar-refractivity contribution in [2.45, 2.75) is 38.6 Å². The molecule has 2 aromatic carbocycles. The number of primary amides is 1. The first-order valence-electron chi connectivity index (χ1n) is 10.9. The third-order valence-corrected chi connectivity index (χ3v) is 5.29. The fraction of sp³-hybridized carbons (Fsp3) is 0.375. The topological polar surface area (TPSA) is 114 Å². The number of hydrogen-bond donors (Lipinski definition) is 3. The molecule has 1 atom stereocenters. The van der Waals surface area contributed by atoms with E-state index in [2.05, 4.69) is 15.5 Å². The van der Waals surface area contributed by atoms with E-state index in [9.17, 15) is 14.4 Å². The highest BCUT2D eigenvalue weighted by atomic mass is 16.5. The van der Waals surface area contributed by atoms with Crippen molar-refractivity contribution in [2.24, 2.45) is 5.73 Å². The van der Waals surface area contributed by atoms with Crippen molar-refractivity contribution in [2.75, 3.05) is 29.9 Å². The van der Waals surface area contributed by atoms with E-state index in [1.807, 2.05) is 31.2 Å². The number of amides is 3. The molecule has 0 aromatic heterocycles. The highest BCUT2D eigenvalue weighted by molar-refractivity contribution is 6.02. The molecule has 8 heteroatoms. The third kappa shape index (κ3) is 6.23. The van der Waals surface area contributed by atoms with Crippen LogP contribution in [0.25, 0.3) is 0 Å². The van der Waals surface area contributed by atoms with Crippen molar-refractivity contribution >= 4 is 29.1 Å². The number of nitrogens with one attached hydrogen (secondary N) is 2. The molecular weight excluding hydrogens is 408 g/mol. The summed E-state index contributed by atoms with van der Waals surface area (Å²) in [5, 5.41) is 5.72. The summed E-state index contributed by atoms with van der Waals surface area (Å²) >= 11 is 0. The molecule has 170 valence electrons. The Bertz CT molecular complexity index is 957. The molecule has 8 nitrogen and oxygen atoms in total. The number of carbonyl (C=O) groups is 3. The molecule has 0 spiro atoms. The maximum absolute atomic E-state index is 13.0. The summed E-state index contributed by atoms with van der Waals surface area (Å²) in [6.45, 7) is 3.65. The zero-order chi connectivity index (χ0) is 22.9. The SMILES string of the molecule is CCCC(NC(=O)c1ccccc1OCC(N)=O)C(=O)Nc1cccc(N2CCCC2)c1. The molecule has 3 amide bonds. The lowest BCUT2D eigenvalue weighted by Crippen LogP contribution is -2.43. The molecule has 1 aliphatic rings. The molecule has 1 saturated heterocycles. The summed E-state index contributed by atoms with van der Waals surface area (Å²) in [6, 6.07) is 13.6. The second-order valence-electron chi connectivity index (χ2n) is 7.80. The maximum atomic E-state index is 13.0. The monoisotopic (exact) mass is 438 g/mol. The summed E-state index contributed by atoms with van der Waals surface area (Å²) in [4.78, 5) is 39.2. The molecule has 3 rings (SSSR count). The number of para-hydroxylation sites is 1. The number of rotatable bonds is 10. The normalized spacial score (nSPS) is 14.0. The Labute approximate surface area is 188 Å². The van der Waals surface area contributed by atoms with Gasteiger partial charge < -0.3 is 26.0 Å². The molecule has 1 fully saturated rings. The quantitative estimate of drug-likeness (QED) is 0.528. The van der Waals surface area contributed by atoms with E-state index in [1.54, 1.807) is 24.3 Å². The molecule has 32 heavy (non-hydrogen) atoms. The van der Waals surface area contributed by atoms with E-state index >= 15 is 0 Å². The van der Waals surface area contributed by atoms with Gasteiger partial charge in [-0.25, -0.2) is 0 Å². The van der Waals surface area contributed by atoms with E-state index in [1.165, 1.54) is 12.8 Å². The molecule has 1 aliphatic heterocycles. The van der Waals surface area contributed by atoms with Crippen LogP contribution in [-0.2, 0) is 9.59 Å². The molecule has 0 saturated carbocycles. The number of hydrogen-bond acceptors (Lipinski definition) is 5. The first kappa shape index (κ1) is 23.1. The van der Waals surface area contributed by atoms with E-state index < -0.39 is 17.9 Å². The Kier molecular flexibility index (Phi) is 8.08. The zero-order valence-corrected chi connectivity index (χ0v) is 18.3. The Hall–Kier alpha value is -3.55. The Morgan fingerprint density at radius 3 is 2.56 bits per heavy atom. The van der Waals surface area contributed by atoms with Crippen LogP contribution in [0, 0.1) is 0 Å². The molecule has 1 unspecified atom stereocenters. The Morgan fingerprint density at radius 1 is 1.09 bits per heavy atom. The summed E-state index contributed by atoms with van der Waals surface area (Å²) in [6.07, 6.45) is 3.54. The minimum Gasteiger partial charge on any atom is -0.483 e. The van der Waals surface area contributed by atoms with Gasteiger partial charge in [0.1, 0.15) is 11.8 Å². The lowest BCUT2D eigenvalue weighted by Gasteiger charge is -2.21. The van der Waals surface area contributed by atoms with Crippen LogP contribution in [0.5, 0.6) is 5.75 Å². The smallest absolute Gasteiger partial charge is 0.255 e. The fourth-order valence-corrected chi connectivity index (χ4v) is 3.71. The molecule has 0 aliphatic carbocycles. The second kappa shape index (κ2) is 11.2. The van der Waals surface area contributed by atoms with Gasteiger partial charge >= 0.3 is 0 Å². The number of nitrogens with zero attached hydrogens (tertiary/aromatic N) is 1. The van der Waals surface area contributed by atoms with E-state index in [0.29, 0.717) is 18.5 Å². The van der Waals surface area contributed by atoms with Gasteiger partial charge in [0.05, 0.1) is 5.56 Å². The largest absolute Gasteiger partial charge is 0.483 e. The predicted octanol–water partition coefficient (Wildman–Crippen LogP) is 2.69. The van der Waals surface area contributed by atoms with Gasteiger partial charge in [-0.05, 0) is 49.6 Å². The lowest BCUT2D eigenvalue weighted by atomic mass is 10.1. The third-order valence-electron chi connectivity index (χ3n) is 5.29. The van der Waals surface area contributed by atoms with Gasteiger partial charge in [0.25, 0.3) is 11.8 Å². The number of benzene rings is 2. The van der Waals surface area contributed by atoms with Crippen molar-refractivity contribution in [3.05, 3.63) is 54.1 Å². The van der Waals surface area contributed by atoms with Gasteiger partial charge in [-0.15, -0.1) is 0 Å². The zero-order valence-electron chi connectivity index (χ0n) is 18.3. The predicted molar refractivity (Wildman–Crippen MR) is 124 cm³/mol. The summed E-state index contributed by atoms with van der Waals surface area (Å²) in [5.41, 5.74) is 7.14. The summed E-state index contributed by atoms with van der Waals surface area (Å²) in [7, 11) is 0. The molecule has 0 bridgehead atoms. The number of carbonyl (C=O) groups excluding carboxylic acids is 3. The molecular formula is C24H30N4O4. The standard InChI is InChI=1S/C24H30N4O4/c1-2-8-20(27-23(30)19-11-3-4-12-21(19)32-16-22(25)29)24(31)26-17-9-7-10-18(15-17)28-13-5-6-14-28/h3-4,7,9-12,15,20H,2,5-6,8,13-14,16H2,1H3,(H2,25,29)(H,26,31)(H,27,30). The minimum atomic E-state index is -0.716. The molecule has 2 aromatic rings. The highest BCUT2D eigenvalue weighted by Crippen LogP contribution is 2.24. The van der Waals surface area contributed by atoms with Crippen LogP contribution in [0.1, 0.15) is 43.0 Å². The first-order chi connectivity index (χ1) is 15.5. The van der Waals surface area contributed by atoms with Crippen LogP contribution in [0.15, 0.2) is 48.5 Å². The lowest BCUT2D eigenvalue weighted by molar-refractivity contribution is -0.120. The highest BCUT2D eigenvalue weighted by Gasteiger charge is 2.23. The van der Waals surface area contributed by atoms with Crippen molar-refractivity contribution < 1.29 is 19.1 Å². The van der Waals surface area contributed by atoms with Gasteiger partial charge in [0.15, 0.2) is 6.61 Å². The van der Waals surface area contributed by atoms with Gasteiger partial charge in [0.2, 0.25) is 5.91 Å². The Balaban J connectivity index is 1.69. The van der Waals surface area contributed by atoms with Crippen LogP contribution in [0.3, 0.4) is 0 Å². The van der Waals surface area contributed by atoms with Crippen molar-refractivity contribution in [1.29, 1.82) is 0 Å². The molecule has 1 heterocycles. The fourth-order valence-electron chi connectivity index (χ4n) is 3.71. The van der Waals surface area contributed by atoms with Gasteiger partial charge in [-0.3, -0.25) is 14.4 Å². The average molecular weight is 439 g/mol. The van der Waals surface area contributed by atoms with E-state index in [-0.39, 0.29) is 23.8 Å². The van der Waals surface area contributed by atoms with Gasteiger partial charge in [-0.1, -0.05) is 31.5 Å². The van der Waals surface area contributed by atoms with Crippen molar-refractivity contribution in [3.8, 4) is 5.75 Å². The van der Waals surface area contributed by atoms with E-state index in [0.717, 1.165) is 18.8 Å². The summed E-state index contributed by atoms with van der Waals surface area (Å²) < 4.78 is 5.34. The van der Waals surface area contributed by atoms with Gasteiger partial charge in [0, 0.05) is 24.5 Å². The van der Waals surface area contributed by atoms with Crippen LogP contribution in [0.2, 0.25) is 0 Å². The van der Waals surface area contributed by atoms with Crippen LogP contribution in [-0.4, -0.2) is 43.5 Å². The minimum absolute atomic E-state index is 0.234. The summed E-state index contributed by atoms with van der Waals surface area (Å²) in [5.74, 6) is -1.14. The number of nitrogens with two attached hydrogens (primary N) is 1. The first-order valence-corrected chi connectivity index (χ1v) is 10.9. The van der Waals surface area contributed by atoms with Crippen LogP contribution >= 0.6 is 0 Å². The molecule has 4 N–H and O–H groups in total. The van der Waals surface area contributed by atoms with Crippen LogP contribution < -0.4 is 26.0 Å². The molecule has 0 radical (unpaired) electrons. The Morgan fingerprint density at radius 2 is 1.84 bits per heavy atom. The number of anilines is 2. The number of ether oxygens (including phenoxy) is 1. The van der Waals surface area contributed by atoms with Crippen molar-refractivity contribution in [1.82, 2.24) is 5.32 Å². The van der Waals surface area contributed by atoms with E-state index in [4.69, 9.17) is 10.5 Å². The van der Waals surface area contributed by atoms with Crippen LogP contribution in [0.4, 0.5) is 11.4 Å². The van der Waals surface area contributed by atoms with Crippen molar-refractivity contribution in [3.63, 3.8) is 0 Å². The second-order valence-corrected chi connectivity index (χ2v) is 7.80. The maximum Gasteiger partial charge on any atom is 0.255 e. The average Bonchev–Trinajstić information content (AvgIpc) is 3.33. The van der Waals surface area contributed by atoms with Gasteiger partial charge in [-0.2, -0.15) is 0 Å².